The van der Waals surface area contributed by atoms with Gasteiger partial charge >= 0.3 is 0 Å². The monoisotopic (exact) mass is 334 g/mol. The second-order valence-corrected chi connectivity index (χ2v) is 6.48. The van der Waals surface area contributed by atoms with Crippen LogP contribution in [-0.2, 0) is 4.79 Å². The maximum Gasteiger partial charge on any atom is 0.252 e. The molecule has 4 nitrogen and oxygen atoms in total. The molecular weight excluding hydrogens is 316 g/mol. The van der Waals surface area contributed by atoms with Crippen molar-refractivity contribution in [1.82, 2.24) is 10.6 Å². The lowest BCUT2D eigenvalue weighted by Gasteiger charge is -2.06. The second-order valence-electron chi connectivity index (χ2n) is 4.53. The highest BCUT2D eigenvalue weighted by Crippen LogP contribution is 2.15. The van der Waals surface area contributed by atoms with Crippen LogP contribution in [0.4, 0.5) is 0 Å². The van der Waals surface area contributed by atoms with Crippen molar-refractivity contribution in [3.8, 4) is 0 Å². The van der Waals surface area contributed by atoms with Gasteiger partial charge in [0.15, 0.2) is 0 Å². The van der Waals surface area contributed by atoms with Crippen LogP contribution in [0.15, 0.2) is 52.1 Å². The smallest absolute Gasteiger partial charge is 0.252 e. The minimum Gasteiger partial charge on any atom is -0.355 e. The Labute approximate surface area is 138 Å². The molecule has 1 aromatic heterocycles. The summed E-state index contributed by atoms with van der Waals surface area (Å²) >= 11 is 3.18. The molecular formula is C16H18N2O2S2. The topological polar surface area (TPSA) is 58.2 Å². The number of benzene rings is 1. The van der Waals surface area contributed by atoms with E-state index in [1.54, 1.807) is 23.2 Å². The van der Waals surface area contributed by atoms with Gasteiger partial charge in [-0.1, -0.05) is 18.2 Å². The molecule has 2 rings (SSSR count). The van der Waals surface area contributed by atoms with Gasteiger partial charge in [0, 0.05) is 41.1 Å². The van der Waals surface area contributed by atoms with Gasteiger partial charge in [-0.25, -0.2) is 0 Å². The lowest BCUT2D eigenvalue weighted by atomic mass is 10.3. The van der Waals surface area contributed by atoms with E-state index in [0.717, 1.165) is 5.75 Å². The fraction of sp³-hybridized carbons (Fsp3) is 0.250. The Kier molecular flexibility index (Phi) is 6.99. The third kappa shape index (κ3) is 5.91. The van der Waals surface area contributed by atoms with E-state index in [9.17, 15) is 9.59 Å². The van der Waals surface area contributed by atoms with Crippen LogP contribution in [0.3, 0.4) is 0 Å². The van der Waals surface area contributed by atoms with E-state index >= 15 is 0 Å². The van der Waals surface area contributed by atoms with Crippen LogP contribution < -0.4 is 10.6 Å². The lowest BCUT2D eigenvalue weighted by Crippen LogP contribution is -2.31. The van der Waals surface area contributed by atoms with Gasteiger partial charge in [-0.15, -0.1) is 11.8 Å². The van der Waals surface area contributed by atoms with Crippen molar-refractivity contribution < 1.29 is 9.59 Å². The van der Waals surface area contributed by atoms with Crippen LogP contribution in [0.1, 0.15) is 16.8 Å². The Morgan fingerprint density at radius 3 is 2.59 bits per heavy atom. The molecule has 1 aromatic carbocycles. The lowest BCUT2D eigenvalue weighted by molar-refractivity contribution is -0.120. The van der Waals surface area contributed by atoms with Crippen molar-refractivity contribution in [2.75, 3.05) is 18.8 Å². The molecule has 0 radical (unpaired) electrons. The number of hydrogen-bond donors (Lipinski definition) is 2. The summed E-state index contributed by atoms with van der Waals surface area (Å²) in [5, 5.41) is 9.23. The number of rotatable bonds is 8. The van der Waals surface area contributed by atoms with E-state index in [0.29, 0.717) is 25.1 Å². The van der Waals surface area contributed by atoms with Crippen LogP contribution in [0.5, 0.6) is 0 Å². The number of carbonyl (C=O) groups excluding carboxylic acids is 2. The zero-order valence-electron chi connectivity index (χ0n) is 12.1. The van der Waals surface area contributed by atoms with Crippen molar-refractivity contribution in [1.29, 1.82) is 0 Å². The molecule has 2 amide bonds. The molecule has 0 unspecified atom stereocenters. The van der Waals surface area contributed by atoms with Crippen LogP contribution in [0.25, 0.3) is 0 Å². The quantitative estimate of drug-likeness (QED) is 0.576. The molecule has 0 bridgehead atoms. The maximum atomic E-state index is 11.7. The third-order valence-electron chi connectivity index (χ3n) is 2.86. The minimum atomic E-state index is -0.131. The molecule has 0 atom stereocenters. The maximum absolute atomic E-state index is 11.7. The molecule has 0 aliphatic carbocycles. The van der Waals surface area contributed by atoms with Crippen molar-refractivity contribution in [3.63, 3.8) is 0 Å². The number of hydrogen-bond acceptors (Lipinski definition) is 4. The third-order valence-corrected chi connectivity index (χ3v) is 4.55. The first-order valence-corrected chi connectivity index (χ1v) is 8.93. The Morgan fingerprint density at radius 1 is 1.05 bits per heavy atom. The summed E-state index contributed by atoms with van der Waals surface area (Å²) in [6.45, 7) is 0.975. The molecule has 1 heterocycles. The van der Waals surface area contributed by atoms with E-state index in [1.807, 2.05) is 35.7 Å². The van der Waals surface area contributed by atoms with Crippen molar-refractivity contribution in [3.05, 3.63) is 52.7 Å². The normalized spacial score (nSPS) is 10.2. The molecule has 2 N–H and O–H groups in total. The highest BCUT2D eigenvalue weighted by atomic mass is 32.2. The number of amides is 2. The highest BCUT2D eigenvalue weighted by Gasteiger charge is 2.06. The van der Waals surface area contributed by atoms with Gasteiger partial charge in [-0.2, -0.15) is 11.3 Å². The van der Waals surface area contributed by atoms with Gasteiger partial charge in [0.25, 0.3) is 5.91 Å². The summed E-state index contributed by atoms with van der Waals surface area (Å²) in [4.78, 5) is 24.5. The van der Waals surface area contributed by atoms with Crippen LogP contribution in [0.2, 0.25) is 0 Å². The molecule has 0 spiro atoms. The van der Waals surface area contributed by atoms with E-state index in [1.165, 1.54) is 16.2 Å². The SMILES string of the molecule is O=C(CCNC(=O)c1ccsc1)NCCSc1ccccc1. The van der Waals surface area contributed by atoms with Crippen molar-refractivity contribution in [2.24, 2.45) is 0 Å². The van der Waals surface area contributed by atoms with Crippen molar-refractivity contribution in [2.45, 2.75) is 11.3 Å². The van der Waals surface area contributed by atoms with E-state index in [2.05, 4.69) is 10.6 Å². The van der Waals surface area contributed by atoms with Crippen LogP contribution in [0, 0.1) is 0 Å². The molecule has 116 valence electrons. The first-order valence-electron chi connectivity index (χ1n) is 7.00. The van der Waals surface area contributed by atoms with Gasteiger partial charge in [-0.05, 0) is 23.6 Å². The van der Waals surface area contributed by atoms with Gasteiger partial charge in [-0.3, -0.25) is 9.59 Å². The minimum absolute atomic E-state index is 0.0423. The predicted molar refractivity (Wildman–Crippen MR) is 91.4 cm³/mol. The zero-order valence-corrected chi connectivity index (χ0v) is 13.7. The summed E-state index contributed by atoms with van der Waals surface area (Å²) in [6.07, 6.45) is 0.298. The Bertz CT molecular complexity index is 585. The summed E-state index contributed by atoms with van der Waals surface area (Å²) in [6, 6.07) is 11.8. The van der Waals surface area contributed by atoms with E-state index in [-0.39, 0.29) is 11.8 Å². The van der Waals surface area contributed by atoms with E-state index in [4.69, 9.17) is 0 Å². The first-order chi connectivity index (χ1) is 10.8. The summed E-state index contributed by atoms with van der Waals surface area (Å²) in [5.41, 5.74) is 0.643. The van der Waals surface area contributed by atoms with Gasteiger partial charge in [0.2, 0.25) is 5.91 Å². The number of thioether (sulfide) groups is 1. The largest absolute Gasteiger partial charge is 0.355 e. The Morgan fingerprint density at radius 2 is 1.86 bits per heavy atom. The van der Waals surface area contributed by atoms with Gasteiger partial charge in [0.05, 0.1) is 0 Å². The fourth-order valence-corrected chi connectivity index (χ4v) is 3.18. The molecule has 0 saturated carbocycles. The average Bonchev–Trinajstić information content (AvgIpc) is 3.07. The van der Waals surface area contributed by atoms with Gasteiger partial charge < -0.3 is 10.6 Å². The fourth-order valence-electron chi connectivity index (χ4n) is 1.75. The summed E-state index contributed by atoms with van der Waals surface area (Å²) in [5.74, 6) is 0.657. The predicted octanol–water partition coefficient (Wildman–Crippen LogP) is 2.78. The zero-order chi connectivity index (χ0) is 15.6. The molecule has 0 fully saturated rings. The molecule has 0 aliphatic heterocycles. The summed E-state index contributed by atoms with van der Waals surface area (Å²) < 4.78 is 0. The number of carbonyl (C=O) groups is 2. The molecule has 0 saturated heterocycles. The first kappa shape index (κ1) is 16.6. The molecule has 2 aromatic rings. The second kappa shape index (κ2) is 9.27. The van der Waals surface area contributed by atoms with Crippen molar-refractivity contribution >= 4 is 34.9 Å². The van der Waals surface area contributed by atoms with Crippen LogP contribution >= 0.6 is 23.1 Å². The summed E-state index contributed by atoms with van der Waals surface area (Å²) in [7, 11) is 0. The highest BCUT2D eigenvalue weighted by molar-refractivity contribution is 7.99. The Balaban J connectivity index is 1.54. The van der Waals surface area contributed by atoms with Crippen LogP contribution in [-0.4, -0.2) is 30.7 Å². The number of nitrogens with one attached hydrogen (secondary N) is 2. The molecule has 6 heteroatoms. The Hall–Kier alpha value is -1.79. The standard InChI is InChI=1S/C16H18N2O2S2/c19-15(6-8-18-16(20)13-7-10-21-12-13)17-9-11-22-14-4-2-1-3-5-14/h1-5,7,10,12H,6,8-9,11H2,(H,17,19)(H,18,20). The van der Waals surface area contributed by atoms with Gasteiger partial charge in [0.1, 0.15) is 0 Å². The molecule has 0 aliphatic rings. The number of thiophene rings is 1. The average molecular weight is 334 g/mol. The van der Waals surface area contributed by atoms with E-state index < -0.39 is 0 Å². The molecule has 22 heavy (non-hydrogen) atoms.